The van der Waals surface area contributed by atoms with E-state index in [1.807, 2.05) is 0 Å². The van der Waals surface area contributed by atoms with E-state index in [0.29, 0.717) is 16.6 Å². The fourth-order valence-corrected chi connectivity index (χ4v) is 9.03. The van der Waals surface area contributed by atoms with Crippen LogP contribution in [0.25, 0.3) is 0 Å². The number of methoxy groups -OCH3 is 1. The van der Waals surface area contributed by atoms with Crippen LogP contribution in [0.5, 0.6) is 0 Å². The van der Waals surface area contributed by atoms with Gasteiger partial charge in [-0.25, -0.2) is 0 Å². The summed E-state index contributed by atoms with van der Waals surface area (Å²) in [5.41, 5.74) is 1.11. The van der Waals surface area contributed by atoms with Gasteiger partial charge in [0.15, 0.2) is 0 Å². The van der Waals surface area contributed by atoms with E-state index >= 15 is 0 Å². The second-order valence-corrected chi connectivity index (χ2v) is 12.2. The quantitative estimate of drug-likeness (QED) is 0.474. The summed E-state index contributed by atoms with van der Waals surface area (Å²) in [6.45, 7) is 12.7. The van der Waals surface area contributed by atoms with Gasteiger partial charge in [0.2, 0.25) is 8.32 Å². The fourth-order valence-electron chi connectivity index (χ4n) is 3.46. The average molecular weight is 335 g/mol. The van der Waals surface area contributed by atoms with Crippen LogP contribution in [0.2, 0.25) is 16.6 Å². The number of hydrogen-bond donors (Lipinski definition) is 2. The molecule has 132 valence electrons. The van der Waals surface area contributed by atoms with Crippen molar-refractivity contribution in [2.75, 3.05) is 13.7 Å². The molecule has 0 radical (unpaired) electrons. The summed E-state index contributed by atoms with van der Waals surface area (Å²) in [6.07, 6.45) is -1.16. The van der Waals surface area contributed by atoms with Crippen molar-refractivity contribution >= 4 is 14.3 Å². The maximum atomic E-state index is 11.2. The van der Waals surface area contributed by atoms with Crippen molar-refractivity contribution in [2.24, 2.45) is 0 Å². The SMILES string of the molecule is COC(=O)CC[C@@H](O)[C@@H](CO)O[Si](C(C)C)(C(C)C)C(C)C. The van der Waals surface area contributed by atoms with Gasteiger partial charge in [-0.15, -0.1) is 0 Å². The van der Waals surface area contributed by atoms with Gasteiger partial charge in [0.25, 0.3) is 0 Å². The van der Waals surface area contributed by atoms with Crippen molar-refractivity contribution in [3.8, 4) is 0 Å². The highest BCUT2D eigenvalue weighted by molar-refractivity contribution is 6.77. The minimum absolute atomic E-state index is 0.122. The van der Waals surface area contributed by atoms with Crippen molar-refractivity contribution in [1.29, 1.82) is 0 Å². The van der Waals surface area contributed by atoms with Gasteiger partial charge in [-0.2, -0.15) is 0 Å². The number of carbonyl (C=O) groups is 1. The number of ether oxygens (including phenoxy) is 1. The molecule has 0 spiro atoms. The molecule has 0 fully saturated rings. The zero-order valence-electron chi connectivity index (χ0n) is 15.1. The van der Waals surface area contributed by atoms with Gasteiger partial charge in [0.1, 0.15) is 0 Å². The number of aliphatic hydroxyl groups is 2. The molecule has 0 rings (SSSR count). The van der Waals surface area contributed by atoms with Crippen LogP contribution in [0.4, 0.5) is 0 Å². The molecule has 0 heterocycles. The van der Waals surface area contributed by atoms with E-state index in [2.05, 4.69) is 46.3 Å². The molecule has 0 aliphatic carbocycles. The summed E-state index contributed by atoms with van der Waals surface area (Å²) in [5.74, 6) is -0.365. The predicted octanol–water partition coefficient (Wildman–Crippen LogP) is 2.85. The van der Waals surface area contributed by atoms with Crippen molar-refractivity contribution in [3.63, 3.8) is 0 Å². The summed E-state index contributed by atoms with van der Waals surface area (Å²) < 4.78 is 11.0. The molecule has 22 heavy (non-hydrogen) atoms. The maximum absolute atomic E-state index is 11.2. The minimum Gasteiger partial charge on any atom is -0.469 e. The first-order valence-corrected chi connectivity index (χ1v) is 10.3. The Morgan fingerprint density at radius 1 is 1.05 bits per heavy atom. The number of carbonyl (C=O) groups excluding carboxylic acids is 1. The van der Waals surface area contributed by atoms with Crippen LogP contribution in [-0.2, 0) is 14.0 Å². The zero-order chi connectivity index (χ0) is 17.5. The molecule has 0 aliphatic heterocycles. The summed E-state index contributed by atoms with van der Waals surface area (Å²) in [7, 11) is -0.853. The predicted molar refractivity (Wildman–Crippen MR) is 90.3 cm³/mol. The van der Waals surface area contributed by atoms with E-state index in [4.69, 9.17) is 4.43 Å². The fraction of sp³-hybridized carbons (Fsp3) is 0.938. The molecule has 0 saturated heterocycles. The Morgan fingerprint density at radius 2 is 1.50 bits per heavy atom. The lowest BCUT2D eigenvalue weighted by Gasteiger charge is -2.45. The molecule has 0 aromatic rings. The summed E-state index contributed by atoms with van der Waals surface area (Å²) in [6, 6.07) is 0. The van der Waals surface area contributed by atoms with E-state index < -0.39 is 20.5 Å². The molecule has 0 amide bonds. The highest BCUT2D eigenvalue weighted by atomic mass is 28.4. The number of esters is 1. The first-order chi connectivity index (χ1) is 10.1. The summed E-state index contributed by atoms with van der Waals surface area (Å²) >= 11 is 0. The third-order valence-corrected chi connectivity index (χ3v) is 10.7. The molecule has 2 atom stereocenters. The first-order valence-electron chi connectivity index (χ1n) is 8.16. The second-order valence-electron chi connectivity index (χ2n) is 6.84. The Labute approximate surface area is 136 Å². The van der Waals surface area contributed by atoms with Crippen LogP contribution in [0, 0.1) is 0 Å². The molecule has 6 heteroatoms. The van der Waals surface area contributed by atoms with Crippen LogP contribution in [0.15, 0.2) is 0 Å². The highest BCUT2D eigenvalue weighted by Crippen LogP contribution is 2.43. The van der Waals surface area contributed by atoms with E-state index in [-0.39, 0.29) is 25.4 Å². The summed E-state index contributed by atoms with van der Waals surface area (Å²) in [5, 5.41) is 19.9. The van der Waals surface area contributed by atoms with Gasteiger partial charge < -0.3 is 19.4 Å². The molecule has 0 bridgehead atoms. The molecule has 0 saturated carbocycles. The van der Waals surface area contributed by atoms with Crippen LogP contribution in [0.3, 0.4) is 0 Å². The number of hydrogen-bond acceptors (Lipinski definition) is 5. The maximum Gasteiger partial charge on any atom is 0.305 e. The van der Waals surface area contributed by atoms with E-state index in [1.165, 1.54) is 7.11 Å². The minimum atomic E-state index is -2.18. The zero-order valence-corrected chi connectivity index (χ0v) is 16.1. The Balaban J connectivity index is 5.09. The first kappa shape index (κ1) is 21.6. The lowest BCUT2D eigenvalue weighted by Crippen LogP contribution is -2.53. The molecule has 0 unspecified atom stereocenters. The number of aliphatic hydroxyl groups excluding tert-OH is 2. The largest absolute Gasteiger partial charge is 0.469 e. The van der Waals surface area contributed by atoms with Crippen LogP contribution < -0.4 is 0 Å². The van der Waals surface area contributed by atoms with Crippen LogP contribution >= 0.6 is 0 Å². The van der Waals surface area contributed by atoms with E-state index in [0.717, 1.165) is 0 Å². The Bertz CT molecular complexity index is 309. The number of rotatable bonds is 10. The van der Waals surface area contributed by atoms with Gasteiger partial charge in [-0.05, 0) is 23.0 Å². The van der Waals surface area contributed by atoms with Crippen molar-refractivity contribution in [1.82, 2.24) is 0 Å². The lowest BCUT2D eigenvalue weighted by molar-refractivity contribution is -0.141. The van der Waals surface area contributed by atoms with Gasteiger partial charge in [0, 0.05) is 6.42 Å². The van der Waals surface area contributed by atoms with E-state index in [1.54, 1.807) is 0 Å². The van der Waals surface area contributed by atoms with Gasteiger partial charge in [-0.3, -0.25) is 4.79 Å². The molecular formula is C16H34O5Si. The monoisotopic (exact) mass is 334 g/mol. The van der Waals surface area contributed by atoms with Crippen molar-refractivity contribution in [2.45, 2.75) is 83.2 Å². The standard InChI is InChI=1S/C16H34O5Si/c1-11(2)22(12(3)4,13(5)6)21-15(10-17)14(18)8-9-16(19)20-7/h11-15,17-18H,8-10H2,1-7H3/t14-,15-/m1/s1. The van der Waals surface area contributed by atoms with Gasteiger partial charge >= 0.3 is 5.97 Å². The van der Waals surface area contributed by atoms with Gasteiger partial charge in [-0.1, -0.05) is 41.5 Å². The van der Waals surface area contributed by atoms with Crippen molar-refractivity contribution < 1.29 is 24.2 Å². The van der Waals surface area contributed by atoms with Crippen LogP contribution in [0.1, 0.15) is 54.4 Å². The molecule has 0 aromatic heterocycles. The smallest absolute Gasteiger partial charge is 0.305 e. The molecule has 5 nitrogen and oxygen atoms in total. The molecule has 2 N–H and O–H groups in total. The highest BCUT2D eigenvalue weighted by Gasteiger charge is 2.47. The molecule has 0 aromatic carbocycles. The second kappa shape index (κ2) is 9.65. The Kier molecular flexibility index (Phi) is 9.46. The Morgan fingerprint density at radius 3 is 1.82 bits per heavy atom. The Hall–Kier alpha value is -0.433. The third-order valence-electron chi connectivity index (χ3n) is 4.54. The van der Waals surface area contributed by atoms with E-state index in [9.17, 15) is 15.0 Å². The topological polar surface area (TPSA) is 76.0 Å². The normalized spacial score (nSPS) is 15.5. The van der Waals surface area contributed by atoms with Crippen molar-refractivity contribution in [3.05, 3.63) is 0 Å². The summed E-state index contributed by atoms with van der Waals surface area (Å²) in [4.78, 5) is 11.2. The third kappa shape index (κ3) is 5.33. The average Bonchev–Trinajstić information content (AvgIpc) is 2.44. The molecular weight excluding hydrogens is 300 g/mol. The lowest BCUT2D eigenvalue weighted by atomic mass is 10.1. The van der Waals surface area contributed by atoms with Gasteiger partial charge in [0.05, 0.1) is 25.9 Å². The van der Waals surface area contributed by atoms with Crippen LogP contribution in [-0.4, -0.2) is 50.4 Å². The molecule has 0 aliphatic rings.